The standard InChI is InChI=1S/C14H15NO2S/c1-17-12-5-2-4-11(10-12)7-8-15-14(16)13-6-3-9-18-13/h2-6,9-10H,7-8H2,1H3,(H,15,16). The Bertz CT molecular complexity index is 508. The first kappa shape index (κ1) is 12.6. The van der Waals surface area contributed by atoms with Crippen LogP contribution in [0.1, 0.15) is 15.2 Å². The van der Waals surface area contributed by atoms with Crippen LogP contribution in [-0.4, -0.2) is 19.6 Å². The van der Waals surface area contributed by atoms with Gasteiger partial charge in [0.05, 0.1) is 12.0 Å². The van der Waals surface area contributed by atoms with Gasteiger partial charge in [-0.1, -0.05) is 18.2 Å². The quantitative estimate of drug-likeness (QED) is 0.898. The molecular formula is C14H15NO2S. The number of thiophene rings is 1. The second kappa shape index (κ2) is 6.21. The Morgan fingerprint density at radius 2 is 2.22 bits per heavy atom. The Morgan fingerprint density at radius 3 is 2.94 bits per heavy atom. The number of hydrogen-bond donors (Lipinski definition) is 1. The Morgan fingerprint density at radius 1 is 1.33 bits per heavy atom. The van der Waals surface area contributed by atoms with Crippen molar-refractivity contribution >= 4 is 17.2 Å². The number of nitrogens with one attached hydrogen (secondary N) is 1. The maximum absolute atomic E-state index is 11.7. The minimum Gasteiger partial charge on any atom is -0.497 e. The smallest absolute Gasteiger partial charge is 0.261 e. The number of carbonyl (C=O) groups is 1. The van der Waals surface area contributed by atoms with E-state index < -0.39 is 0 Å². The molecule has 1 N–H and O–H groups in total. The summed E-state index contributed by atoms with van der Waals surface area (Å²) in [6.45, 7) is 0.629. The minimum absolute atomic E-state index is 0.00658. The predicted molar refractivity (Wildman–Crippen MR) is 73.4 cm³/mol. The van der Waals surface area contributed by atoms with Gasteiger partial charge in [-0.25, -0.2) is 0 Å². The molecule has 3 nitrogen and oxygen atoms in total. The monoisotopic (exact) mass is 261 g/mol. The van der Waals surface area contributed by atoms with Gasteiger partial charge in [-0.15, -0.1) is 11.3 Å². The maximum Gasteiger partial charge on any atom is 0.261 e. The molecule has 2 rings (SSSR count). The molecule has 0 saturated carbocycles. The fraction of sp³-hybridized carbons (Fsp3) is 0.214. The minimum atomic E-state index is -0.00658. The van der Waals surface area contributed by atoms with Gasteiger partial charge < -0.3 is 10.1 Å². The number of hydrogen-bond acceptors (Lipinski definition) is 3. The summed E-state index contributed by atoms with van der Waals surface area (Å²) in [5.41, 5.74) is 1.15. The van der Waals surface area contributed by atoms with Gasteiger partial charge in [0.1, 0.15) is 5.75 Å². The third kappa shape index (κ3) is 3.34. The highest BCUT2D eigenvalue weighted by Gasteiger charge is 2.05. The molecule has 0 aliphatic heterocycles. The average molecular weight is 261 g/mol. The molecule has 0 bridgehead atoms. The van der Waals surface area contributed by atoms with E-state index in [1.54, 1.807) is 7.11 Å². The average Bonchev–Trinajstić information content (AvgIpc) is 2.93. The van der Waals surface area contributed by atoms with Crippen molar-refractivity contribution in [1.29, 1.82) is 0 Å². The molecule has 2 aromatic rings. The van der Waals surface area contributed by atoms with Crippen LogP contribution in [0.3, 0.4) is 0 Å². The Balaban J connectivity index is 1.83. The third-order valence-corrected chi connectivity index (χ3v) is 3.45. The SMILES string of the molecule is COc1cccc(CCNC(=O)c2cccs2)c1. The van der Waals surface area contributed by atoms with Crippen molar-refractivity contribution in [1.82, 2.24) is 5.32 Å². The first-order valence-corrected chi connectivity index (χ1v) is 6.62. The van der Waals surface area contributed by atoms with Crippen LogP contribution in [0, 0.1) is 0 Å². The third-order valence-electron chi connectivity index (χ3n) is 2.58. The summed E-state index contributed by atoms with van der Waals surface area (Å²) in [5.74, 6) is 0.838. The molecule has 0 aliphatic rings. The molecule has 4 heteroatoms. The zero-order chi connectivity index (χ0) is 12.8. The second-order valence-corrected chi connectivity index (χ2v) is 4.78. The molecule has 18 heavy (non-hydrogen) atoms. The van der Waals surface area contributed by atoms with Crippen LogP contribution in [-0.2, 0) is 6.42 Å². The van der Waals surface area contributed by atoms with Gasteiger partial charge in [0.25, 0.3) is 5.91 Å². The summed E-state index contributed by atoms with van der Waals surface area (Å²) in [6, 6.07) is 11.6. The van der Waals surface area contributed by atoms with Gasteiger partial charge in [0, 0.05) is 6.54 Å². The number of rotatable bonds is 5. The molecule has 1 heterocycles. The van der Waals surface area contributed by atoms with Crippen molar-refractivity contribution in [2.24, 2.45) is 0 Å². The van der Waals surface area contributed by atoms with Gasteiger partial charge >= 0.3 is 0 Å². The van der Waals surface area contributed by atoms with Crippen LogP contribution >= 0.6 is 11.3 Å². The fourth-order valence-electron chi connectivity index (χ4n) is 1.64. The van der Waals surface area contributed by atoms with E-state index in [1.807, 2.05) is 41.8 Å². The van der Waals surface area contributed by atoms with Crippen molar-refractivity contribution in [3.8, 4) is 5.75 Å². The van der Waals surface area contributed by atoms with Gasteiger partial charge in [0.2, 0.25) is 0 Å². The number of carbonyl (C=O) groups excluding carboxylic acids is 1. The van der Waals surface area contributed by atoms with Crippen LogP contribution in [0.5, 0.6) is 5.75 Å². The van der Waals surface area contributed by atoms with E-state index in [4.69, 9.17) is 4.74 Å². The topological polar surface area (TPSA) is 38.3 Å². The van der Waals surface area contributed by atoms with Gasteiger partial charge in [-0.05, 0) is 35.6 Å². The molecule has 0 aliphatic carbocycles. The Kier molecular flexibility index (Phi) is 4.36. The molecule has 0 saturated heterocycles. The van der Waals surface area contributed by atoms with Crippen molar-refractivity contribution < 1.29 is 9.53 Å². The predicted octanol–water partition coefficient (Wildman–Crippen LogP) is 2.73. The zero-order valence-corrected chi connectivity index (χ0v) is 11.0. The molecule has 0 unspecified atom stereocenters. The summed E-state index contributed by atoms with van der Waals surface area (Å²) in [4.78, 5) is 12.4. The van der Waals surface area contributed by atoms with Gasteiger partial charge in [-0.3, -0.25) is 4.79 Å². The number of benzene rings is 1. The van der Waals surface area contributed by atoms with Crippen molar-refractivity contribution in [2.45, 2.75) is 6.42 Å². The summed E-state index contributed by atoms with van der Waals surface area (Å²) in [6.07, 6.45) is 0.800. The van der Waals surface area contributed by atoms with E-state index in [0.29, 0.717) is 6.54 Å². The van der Waals surface area contributed by atoms with Crippen molar-refractivity contribution in [3.05, 3.63) is 52.2 Å². The first-order chi connectivity index (χ1) is 8.79. The lowest BCUT2D eigenvalue weighted by atomic mass is 10.1. The number of ether oxygens (including phenoxy) is 1. The fourth-order valence-corrected chi connectivity index (χ4v) is 2.28. The van der Waals surface area contributed by atoms with Gasteiger partial charge in [0.15, 0.2) is 0 Å². The highest BCUT2D eigenvalue weighted by molar-refractivity contribution is 7.12. The molecule has 0 atom stereocenters. The summed E-state index contributed by atoms with van der Waals surface area (Å²) < 4.78 is 5.16. The van der Waals surface area contributed by atoms with E-state index in [-0.39, 0.29) is 5.91 Å². The van der Waals surface area contributed by atoms with Crippen molar-refractivity contribution in [3.63, 3.8) is 0 Å². The maximum atomic E-state index is 11.7. The van der Waals surface area contributed by atoms with Crippen molar-refractivity contribution in [2.75, 3.05) is 13.7 Å². The number of amides is 1. The molecule has 0 spiro atoms. The van der Waals surface area contributed by atoms with E-state index in [0.717, 1.165) is 22.6 Å². The molecule has 0 fully saturated rings. The zero-order valence-electron chi connectivity index (χ0n) is 10.2. The van der Waals surface area contributed by atoms with Crippen LogP contribution in [0.2, 0.25) is 0 Å². The summed E-state index contributed by atoms with van der Waals surface area (Å²) >= 11 is 1.45. The van der Waals surface area contributed by atoms with Crippen LogP contribution in [0.4, 0.5) is 0 Å². The summed E-state index contributed by atoms with van der Waals surface area (Å²) in [7, 11) is 1.65. The lowest BCUT2D eigenvalue weighted by Crippen LogP contribution is -2.24. The van der Waals surface area contributed by atoms with Gasteiger partial charge in [-0.2, -0.15) is 0 Å². The number of methoxy groups -OCH3 is 1. The van der Waals surface area contributed by atoms with E-state index in [9.17, 15) is 4.79 Å². The molecule has 1 amide bonds. The lowest BCUT2D eigenvalue weighted by Gasteiger charge is -2.05. The highest BCUT2D eigenvalue weighted by atomic mass is 32.1. The van der Waals surface area contributed by atoms with E-state index in [2.05, 4.69) is 5.32 Å². The molecule has 1 aromatic carbocycles. The largest absolute Gasteiger partial charge is 0.497 e. The van der Waals surface area contributed by atoms with Crippen LogP contribution < -0.4 is 10.1 Å². The molecule has 94 valence electrons. The molecule has 0 radical (unpaired) electrons. The Hall–Kier alpha value is -1.81. The first-order valence-electron chi connectivity index (χ1n) is 5.74. The normalized spacial score (nSPS) is 10.1. The lowest BCUT2D eigenvalue weighted by molar-refractivity contribution is 0.0958. The second-order valence-electron chi connectivity index (χ2n) is 3.83. The molecule has 1 aromatic heterocycles. The van der Waals surface area contributed by atoms with E-state index in [1.165, 1.54) is 11.3 Å². The summed E-state index contributed by atoms with van der Waals surface area (Å²) in [5, 5.41) is 4.80. The van der Waals surface area contributed by atoms with Crippen LogP contribution in [0.15, 0.2) is 41.8 Å². The molecular weight excluding hydrogens is 246 g/mol. The van der Waals surface area contributed by atoms with Crippen LogP contribution in [0.25, 0.3) is 0 Å². The Labute approximate surface area is 110 Å². The van der Waals surface area contributed by atoms with E-state index >= 15 is 0 Å². The highest BCUT2D eigenvalue weighted by Crippen LogP contribution is 2.13.